The molecule has 36 heavy (non-hydrogen) atoms. The van der Waals surface area contributed by atoms with Gasteiger partial charge in [-0.25, -0.2) is 4.99 Å². The molecule has 2 atom stereocenters. The number of rotatable bonds is 6. The van der Waals surface area contributed by atoms with E-state index in [-0.39, 0.29) is 28.3 Å². The first kappa shape index (κ1) is 23.9. The fourth-order valence-electron chi connectivity index (χ4n) is 5.00. The Morgan fingerprint density at radius 1 is 1.11 bits per heavy atom. The molecule has 1 aromatic heterocycles. The largest absolute Gasteiger partial charge is 0.416 e. The van der Waals surface area contributed by atoms with Crippen LogP contribution in [0.4, 0.5) is 18.9 Å². The van der Waals surface area contributed by atoms with Gasteiger partial charge in [-0.15, -0.1) is 0 Å². The second kappa shape index (κ2) is 9.33. The molecule has 0 bridgehead atoms. The minimum atomic E-state index is -4.38. The Morgan fingerprint density at radius 2 is 1.83 bits per heavy atom. The fourth-order valence-corrected chi connectivity index (χ4v) is 5.00. The number of anilines is 1. The molecular weight excluding hydrogens is 469 g/mol. The van der Waals surface area contributed by atoms with Gasteiger partial charge in [-0.05, 0) is 55.5 Å². The van der Waals surface area contributed by atoms with E-state index < -0.39 is 11.7 Å². The lowest BCUT2D eigenvalue weighted by Gasteiger charge is -2.17. The molecule has 3 N–H and O–H groups in total. The number of benzene rings is 2. The third kappa shape index (κ3) is 4.43. The highest BCUT2D eigenvalue weighted by atomic mass is 19.4. The van der Waals surface area contributed by atoms with Crippen molar-refractivity contribution in [2.24, 2.45) is 12.0 Å². The summed E-state index contributed by atoms with van der Waals surface area (Å²) in [6.45, 7) is 0.349. The van der Waals surface area contributed by atoms with Crippen molar-refractivity contribution in [1.82, 2.24) is 14.5 Å². The minimum Gasteiger partial charge on any atom is -0.371 e. The molecule has 7 nitrogen and oxygen atoms in total. The third-order valence-corrected chi connectivity index (χ3v) is 6.86. The van der Waals surface area contributed by atoms with Gasteiger partial charge in [0.05, 0.1) is 17.6 Å². The number of nitrogens with zero attached hydrogens (tertiary/aromatic N) is 3. The lowest BCUT2D eigenvalue weighted by atomic mass is 10.1. The van der Waals surface area contributed by atoms with Crippen molar-refractivity contribution >= 4 is 11.5 Å². The molecule has 0 saturated heterocycles. The highest BCUT2D eigenvalue weighted by Crippen LogP contribution is 2.32. The monoisotopic (exact) mass is 496 g/mol. The summed E-state index contributed by atoms with van der Waals surface area (Å²) < 4.78 is 42.0. The molecule has 0 spiro atoms. The molecule has 5 rings (SSSR count). The van der Waals surface area contributed by atoms with Crippen LogP contribution in [-0.4, -0.2) is 21.7 Å². The number of hydrogen-bond acceptors (Lipinski definition) is 5. The Kier molecular flexibility index (Phi) is 6.19. The zero-order valence-corrected chi connectivity index (χ0v) is 19.8. The SMILES string of the molecule is Cn1c(=O)/c(=C(/NCCc2ccc(C(F)(F)F)cc2)Nc2ccccc2)c(=N)n2c1=N[C@@H]1CCCC12. The Morgan fingerprint density at radius 3 is 2.53 bits per heavy atom. The first-order chi connectivity index (χ1) is 17.2. The number of alkyl halides is 3. The summed E-state index contributed by atoms with van der Waals surface area (Å²) in [4.78, 5) is 18.1. The van der Waals surface area contributed by atoms with Crippen molar-refractivity contribution in [3.63, 3.8) is 0 Å². The molecule has 3 aromatic rings. The van der Waals surface area contributed by atoms with Crippen molar-refractivity contribution in [3.05, 3.63) is 92.4 Å². The number of nitrogens with one attached hydrogen (secondary N) is 3. The van der Waals surface area contributed by atoms with Crippen LogP contribution >= 0.6 is 0 Å². The van der Waals surface area contributed by atoms with Crippen LogP contribution < -0.4 is 32.5 Å². The van der Waals surface area contributed by atoms with Gasteiger partial charge < -0.3 is 10.6 Å². The normalized spacial score (nSPS) is 19.3. The van der Waals surface area contributed by atoms with E-state index in [1.165, 1.54) is 16.7 Å². The number of hydrogen-bond donors (Lipinski definition) is 3. The zero-order chi connectivity index (χ0) is 25.4. The standard InChI is InChI=1S/C26H27F3N6O/c1-34-24(36)21(22(30)35-20-9-5-8-19(20)33-25(34)35)23(32-18-6-3-2-4-7-18)31-15-14-16-10-12-17(13-11-16)26(27,28)29/h2-4,6-7,10-13,19-20,30-32H,5,8-9,14-15H2,1H3/b23-21-,30-22?/t19-,20?/m1/s1. The third-order valence-electron chi connectivity index (χ3n) is 6.86. The fraction of sp³-hybridized carbons (Fsp3) is 0.346. The number of fused-ring (bicyclic) bond motifs is 3. The smallest absolute Gasteiger partial charge is 0.371 e. The maximum Gasteiger partial charge on any atom is 0.416 e. The van der Waals surface area contributed by atoms with E-state index in [1.54, 1.807) is 7.05 Å². The molecule has 0 amide bonds. The predicted molar refractivity (Wildman–Crippen MR) is 130 cm³/mol. The van der Waals surface area contributed by atoms with E-state index >= 15 is 0 Å². The van der Waals surface area contributed by atoms with Crippen LogP contribution in [0.3, 0.4) is 0 Å². The second-order valence-corrected chi connectivity index (χ2v) is 9.19. The Hall–Kier alpha value is -3.82. The summed E-state index contributed by atoms with van der Waals surface area (Å²) in [6, 6.07) is 14.5. The van der Waals surface area contributed by atoms with Gasteiger partial charge in [0.15, 0.2) is 0 Å². The summed E-state index contributed by atoms with van der Waals surface area (Å²) in [5.74, 6) is 0.385. The van der Waals surface area contributed by atoms with E-state index in [0.29, 0.717) is 24.4 Å². The number of para-hydroxylation sites is 1. The molecule has 1 aliphatic carbocycles. The molecule has 1 aliphatic heterocycles. The van der Waals surface area contributed by atoms with Gasteiger partial charge in [0.2, 0.25) is 5.62 Å². The van der Waals surface area contributed by atoms with Crippen LogP contribution in [0.15, 0.2) is 64.4 Å². The van der Waals surface area contributed by atoms with Crippen LogP contribution in [0.2, 0.25) is 0 Å². The molecule has 2 aliphatic rings. The van der Waals surface area contributed by atoms with Gasteiger partial charge in [0.25, 0.3) is 5.56 Å². The summed E-state index contributed by atoms with van der Waals surface area (Å²) in [6.07, 6.45) is -1.05. The van der Waals surface area contributed by atoms with Crippen LogP contribution in [-0.2, 0) is 19.6 Å². The predicted octanol–water partition coefficient (Wildman–Crippen LogP) is 2.42. The molecule has 2 aromatic carbocycles. The van der Waals surface area contributed by atoms with Crippen molar-refractivity contribution in [2.75, 3.05) is 11.9 Å². The van der Waals surface area contributed by atoms with Gasteiger partial charge in [0.1, 0.15) is 16.5 Å². The van der Waals surface area contributed by atoms with Crippen molar-refractivity contribution < 1.29 is 13.2 Å². The van der Waals surface area contributed by atoms with E-state index in [4.69, 9.17) is 10.4 Å². The van der Waals surface area contributed by atoms with Crippen molar-refractivity contribution in [3.8, 4) is 0 Å². The molecule has 1 saturated carbocycles. The Balaban J connectivity index is 1.52. The highest BCUT2D eigenvalue weighted by molar-refractivity contribution is 5.62. The number of aromatic nitrogens is 2. The molecular formula is C26H27F3N6O. The van der Waals surface area contributed by atoms with Gasteiger partial charge in [-0.2, -0.15) is 13.2 Å². The molecule has 2 heterocycles. The van der Waals surface area contributed by atoms with Crippen LogP contribution in [0.25, 0.3) is 5.82 Å². The summed E-state index contributed by atoms with van der Waals surface area (Å²) >= 11 is 0. The number of halogens is 3. The van der Waals surface area contributed by atoms with Gasteiger partial charge in [-0.1, -0.05) is 30.3 Å². The lowest BCUT2D eigenvalue weighted by Crippen LogP contribution is -2.59. The first-order valence-corrected chi connectivity index (χ1v) is 11.9. The summed E-state index contributed by atoms with van der Waals surface area (Å²) in [5, 5.41) is 15.7. The van der Waals surface area contributed by atoms with E-state index in [0.717, 1.165) is 42.6 Å². The average Bonchev–Trinajstić information content (AvgIpc) is 3.45. The second-order valence-electron chi connectivity index (χ2n) is 9.19. The maximum atomic E-state index is 13.4. The molecule has 188 valence electrons. The molecule has 10 heteroatoms. The minimum absolute atomic E-state index is 0.0724. The Bertz CT molecular complexity index is 1510. The molecule has 1 fully saturated rings. The molecule has 1 unspecified atom stereocenters. The maximum absolute atomic E-state index is 13.4. The van der Waals surface area contributed by atoms with E-state index in [2.05, 4.69) is 10.6 Å². The van der Waals surface area contributed by atoms with Gasteiger partial charge in [-0.3, -0.25) is 19.3 Å². The van der Waals surface area contributed by atoms with Crippen molar-refractivity contribution in [1.29, 1.82) is 5.41 Å². The van der Waals surface area contributed by atoms with Crippen molar-refractivity contribution in [2.45, 2.75) is 43.9 Å². The van der Waals surface area contributed by atoms with Crippen LogP contribution in [0, 0.1) is 5.41 Å². The Labute approximate surface area is 205 Å². The van der Waals surface area contributed by atoms with E-state index in [1.807, 2.05) is 34.9 Å². The summed E-state index contributed by atoms with van der Waals surface area (Å²) in [7, 11) is 1.67. The quantitative estimate of drug-likeness (QED) is 0.490. The molecule has 0 radical (unpaired) electrons. The van der Waals surface area contributed by atoms with Crippen LogP contribution in [0.1, 0.15) is 36.4 Å². The highest BCUT2D eigenvalue weighted by Gasteiger charge is 2.35. The average molecular weight is 497 g/mol. The first-order valence-electron chi connectivity index (χ1n) is 11.9. The topological polar surface area (TPSA) is 87.2 Å². The van der Waals surface area contributed by atoms with Crippen LogP contribution in [0.5, 0.6) is 0 Å². The van der Waals surface area contributed by atoms with Gasteiger partial charge >= 0.3 is 6.18 Å². The zero-order valence-electron chi connectivity index (χ0n) is 19.8. The lowest BCUT2D eigenvalue weighted by molar-refractivity contribution is -0.137. The summed E-state index contributed by atoms with van der Waals surface area (Å²) in [5.41, 5.74) is 1.06. The van der Waals surface area contributed by atoms with Gasteiger partial charge in [0, 0.05) is 19.3 Å². The van der Waals surface area contributed by atoms with E-state index in [9.17, 15) is 18.0 Å².